The first-order valence-corrected chi connectivity index (χ1v) is 8.31. The van der Waals surface area contributed by atoms with Crippen LogP contribution in [0.25, 0.3) is 11.3 Å². The highest BCUT2D eigenvalue weighted by atomic mass is 32.1. The number of nitrogens with zero attached hydrogens (tertiary/aromatic N) is 2. The topological polar surface area (TPSA) is 60.1 Å². The normalized spacial score (nSPS) is 10.9. The van der Waals surface area contributed by atoms with Gasteiger partial charge in [-0.3, -0.25) is 4.79 Å². The number of rotatable bonds is 5. The van der Waals surface area contributed by atoms with Crippen molar-refractivity contribution in [3.8, 4) is 11.3 Å². The predicted octanol–water partition coefficient (Wildman–Crippen LogP) is 3.45. The van der Waals surface area contributed by atoms with Gasteiger partial charge in [0.2, 0.25) is 5.91 Å². The summed E-state index contributed by atoms with van der Waals surface area (Å²) in [4.78, 5) is 16.7. The van der Waals surface area contributed by atoms with E-state index in [1.807, 2.05) is 37.5 Å². The molecule has 0 fully saturated rings. The van der Waals surface area contributed by atoms with E-state index in [9.17, 15) is 4.79 Å². The fourth-order valence-electron chi connectivity index (χ4n) is 2.59. The monoisotopic (exact) mass is 329 g/mol. The molecule has 0 aliphatic heterocycles. The van der Waals surface area contributed by atoms with E-state index in [2.05, 4.69) is 21.7 Å². The summed E-state index contributed by atoms with van der Waals surface area (Å²) in [7, 11) is 0. The summed E-state index contributed by atoms with van der Waals surface area (Å²) in [5.41, 5.74) is 4.17. The minimum atomic E-state index is -0.0378. The maximum atomic E-state index is 12.2. The molecule has 6 heteroatoms. The third-order valence-corrected chi connectivity index (χ3v) is 4.58. The number of amides is 1. The summed E-state index contributed by atoms with van der Waals surface area (Å²) < 4.78 is 7.23. The molecular weight excluding hydrogens is 310 g/mol. The SMILES string of the molecule is Cc1nc(-c2cc(C)n(CC(=O)NCc3ccco3)c2C)cs1. The summed E-state index contributed by atoms with van der Waals surface area (Å²) in [6.07, 6.45) is 1.60. The largest absolute Gasteiger partial charge is 0.467 e. The highest BCUT2D eigenvalue weighted by Gasteiger charge is 2.15. The molecule has 0 radical (unpaired) electrons. The number of aryl methyl sites for hydroxylation is 2. The summed E-state index contributed by atoms with van der Waals surface area (Å²) in [5, 5.41) is 5.97. The fourth-order valence-corrected chi connectivity index (χ4v) is 3.20. The second-order valence-electron chi connectivity index (χ2n) is 5.48. The van der Waals surface area contributed by atoms with Crippen LogP contribution >= 0.6 is 11.3 Å². The average molecular weight is 329 g/mol. The lowest BCUT2D eigenvalue weighted by Gasteiger charge is -2.09. The number of carbonyl (C=O) groups is 1. The second kappa shape index (κ2) is 6.42. The Morgan fingerprint density at radius 3 is 2.87 bits per heavy atom. The number of furan rings is 1. The van der Waals surface area contributed by atoms with E-state index in [4.69, 9.17) is 4.42 Å². The number of thiazole rings is 1. The van der Waals surface area contributed by atoms with Crippen LogP contribution in [0.4, 0.5) is 0 Å². The second-order valence-corrected chi connectivity index (χ2v) is 6.54. The van der Waals surface area contributed by atoms with Crippen LogP contribution in [-0.4, -0.2) is 15.5 Å². The third-order valence-electron chi connectivity index (χ3n) is 3.81. The lowest BCUT2D eigenvalue weighted by Crippen LogP contribution is -2.27. The molecule has 0 saturated heterocycles. The quantitative estimate of drug-likeness (QED) is 0.780. The van der Waals surface area contributed by atoms with Gasteiger partial charge in [-0.1, -0.05) is 0 Å². The zero-order valence-corrected chi connectivity index (χ0v) is 14.2. The molecule has 0 aliphatic carbocycles. The standard InChI is InChI=1S/C17H19N3O2S/c1-11-7-15(16-10-23-13(3)19-16)12(2)20(11)9-17(21)18-8-14-5-4-6-22-14/h4-7,10H,8-9H2,1-3H3,(H,18,21). The summed E-state index contributed by atoms with van der Waals surface area (Å²) in [5.74, 6) is 0.710. The number of hydrogen-bond donors (Lipinski definition) is 1. The van der Waals surface area contributed by atoms with Crippen molar-refractivity contribution < 1.29 is 9.21 Å². The van der Waals surface area contributed by atoms with Crippen LogP contribution in [-0.2, 0) is 17.9 Å². The Labute approximate surface area is 139 Å². The number of aromatic nitrogens is 2. The molecule has 0 aromatic carbocycles. The van der Waals surface area contributed by atoms with Crippen molar-refractivity contribution in [2.45, 2.75) is 33.9 Å². The molecule has 23 heavy (non-hydrogen) atoms. The van der Waals surface area contributed by atoms with E-state index in [1.165, 1.54) is 0 Å². The summed E-state index contributed by atoms with van der Waals surface area (Å²) in [6, 6.07) is 5.74. The van der Waals surface area contributed by atoms with Crippen LogP contribution in [0.5, 0.6) is 0 Å². The van der Waals surface area contributed by atoms with E-state index in [1.54, 1.807) is 17.6 Å². The Morgan fingerprint density at radius 2 is 2.22 bits per heavy atom. The van der Waals surface area contributed by atoms with Crippen LogP contribution in [0.3, 0.4) is 0 Å². The van der Waals surface area contributed by atoms with Gasteiger partial charge >= 0.3 is 0 Å². The van der Waals surface area contributed by atoms with Crippen LogP contribution in [0.2, 0.25) is 0 Å². The van der Waals surface area contributed by atoms with Gasteiger partial charge in [-0.05, 0) is 39.0 Å². The molecule has 0 bridgehead atoms. The minimum absolute atomic E-state index is 0.0378. The molecule has 3 aromatic rings. The van der Waals surface area contributed by atoms with E-state index < -0.39 is 0 Å². The molecule has 1 N–H and O–H groups in total. The van der Waals surface area contributed by atoms with E-state index in [-0.39, 0.29) is 5.91 Å². The Bertz CT molecular complexity index is 815. The van der Waals surface area contributed by atoms with Crippen molar-refractivity contribution in [1.29, 1.82) is 0 Å². The molecule has 5 nitrogen and oxygen atoms in total. The lowest BCUT2D eigenvalue weighted by molar-refractivity contribution is -0.121. The smallest absolute Gasteiger partial charge is 0.240 e. The van der Waals surface area contributed by atoms with Crippen LogP contribution in [0.15, 0.2) is 34.3 Å². The molecule has 3 heterocycles. The zero-order valence-electron chi connectivity index (χ0n) is 13.4. The van der Waals surface area contributed by atoms with Gasteiger partial charge in [-0.25, -0.2) is 4.98 Å². The molecule has 0 saturated carbocycles. The molecule has 0 aliphatic rings. The fraction of sp³-hybridized carbons (Fsp3) is 0.294. The minimum Gasteiger partial charge on any atom is -0.467 e. The van der Waals surface area contributed by atoms with Gasteiger partial charge in [0.15, 0.2) is 0 Å². The molecule has 0 unspecified atom stereocenters. The Balaban J connectivity index is 1.72. The van der Waals surface area contributed by atoms with E-state index >= 15 is 0 Å². The average Bonchev–Trinajstić information content (AvgIpc) is 3.23. The third kappa shape index (κ3) is 3.37. The molecule has 3 aromatic heterocycles. The highest BCUT2D eigenvalue weighted by Crippen LogP contribution is 2.27. The lowest BCUT2D eigenvalue weighted by atomic mass is 10.2. The Kier molecular flexibility index (Phi) is 4.34. The van der Waals surface area contributed by atoms with Gasteiger partial charge in [-0.2, -0.15) is 0 Å². The Morgan fingerprint density at radius 1 is 1.39 bits per heavy atom. The van der Waals surface area contributed by atoms with Gasteiger partial charge in [0, 0.05) is 22.3 Å². The van der Waals surface area contributed by atoms with Crippen molar-refractivity contribution >= 4 is 17.2 Å². The van der Waals surface area contributed by atoms with Crippen molar-refractivity contribution in [1.82, 2.24) is 14.9 Å². The van der Waals surface area contributed by atoms with Gasteiger partial charge in [0.25, 0.3) is 0 Å². The zero-order chi connectivity index (χ0) is 16.4. The predicted molar refractivity (Wildman–Crippen MR) is 90.3 cm³/mol. The van der Waals surface area contributed by atoms with E-state index in [0.29, 0.717) is 13.1 Å². The van der Waals surface area contributed by atoms with Gasteiger partial charge < -0.3 is 14.3 Å². The maximum Gasteiger partial charge on any atom is 0.240 e. The van der Waals surface area contributed by atoms with Crippen molar-refractivity contribution in [2.75, 3.05) is 0 Å². The molecule has 0 spiro atoms. The van der Waals surface area contributed by atoms with Crippen LogP contribution in [0, 0.1) is 20.8 Å². The van der Waals surface area contributed by atoms with Crippen LogP contribution < -0.4 is 5.32 Å². The van der Waals surface area contributed by atoms with Crippen LogP contribution in [0.1, 0.15) is 22.2 Å². The highest BCUT2D eigenvalue weighted by molar-refractivity contribution is 7.09. The number of hydrogen-bond acceptors (Lipinski definition) is 4. The maximum absolute atomic E-state index is 12.2. The summed E-state index contributed by atoms with van der Waals surface area (Å²) >= 11 is 1.63. The van der Waals surface area contributed by atoms with E-state index in [0.717, 1.165) is 33.4 Å². The van der Waals surface area contributed by atoms with Gasteiger partial charge in [-0.15, -0.1) is 11.3 Å². The number of carbonyl (C=O) groups excluding carboxylic acids is 1. The van der Waals surface area contributed by atoms with Crippen molar-refractivity contribution in [3.05, 3.63) is 52.0 Å². The first-order valence-electron chi connectivity index (χ1n) is 7.43. The van der Waals surface area contributed by atoms with Gasteiger partial charge in [0.1, 0.15) is 12.3 Å². The first-order chi connectivity index (χ1) is 11.0. The first kappa shape index (κ1) is 15.6. The molecule has 3 rings (SSSR count). The Hall–Kier alpha value is -2.34. The molecule has 120 valence electrons. The van der Waals surface area contributed by atoms with Crippen molar-refractivity contribution in [3.63, 3.8) is 0 Å². The summed E-state index contributed by atoms with van der Waals surface area (Å²) in [6.45, 7) is 6.73. The molecule has 1 amide bonds. The number of nitrogens with one attached hydrogen (secondary N) is 1. The molecular formula is C17H19N3O2S. The van der Waals surface area contributed by atoms with Crippen molar-refractivity contribution in [2.24, 2.45) is 0 Å². The molecule has 0 atom stereocenters. The van der Waals surface area contributed by atoms with Gasteiger partial charge in [0.05, 0.1) is 23.5 Å².